The van der Waals surface area contributed by atoms with Crippen molar-refractivity contribution >= 4 is 68.7 Å². The van der Waals surface area contributed by atoms with E-state index in [-0.39, 0.29) is 35.1 Å². The lowest BCUT2D eigenvalue weighted by Gasteiger charge is -2.26. The molecule has 3 aromatic rings. The molecule has 1 aliphatic heterocycles. The van der Waals surface area contributed by atoms with Gasteiger partial charge in [0, 0.05) is 20.7 Å². The number of rotatable bonds is 6. The van der Waals surface area contributed by atoms with E-state index in [2.05, 4.69) is 26.6 Å². The molecular weight excluding hydrogens is 562 g/mol. The summed E-state index contributed by atoms with van der Waals surface area (Å²) in [6.07, 6.45) is 1.28. The minimum Gasteiger partial charge on any atom is -0.483 e. The summed E-state index contributed by atoms with van der Waals surface area (Å²) in [5.41, 5.74) is 2.93. The van der Waals surface area contributed by atoms with E-state index >= 15 is 0 Å². The Morgan fingerprint density at radius 1 is 1.05 bits per heavy atom. The van der Waals surface area contributed by atoms with E-state index < -0.39 is 17.8 Å². The van der Waals surface area contributed by atoms with Crippen molar-refractivity contribution in [1.82, 2.24) is 5.32 Å². The third-order valence-corrected chi connectivity index (χ3v) is 6.24. The third kappa shape index (κ3) is 6.07. The highest BCUT2D eigenvalue weighted by Gasteiger charge is 2.37. The number of nitrogens with zero attached hydrogens (tertiary/aromatic N) is 1. The van der Waals surface area contributed by atoms with Crippen LogP contribution in [-0.4, -0.2) is 30.4 Å². The highest BCUT2D eigenvalue weighted by Crippen LogP contribution is 2.28. The van der Waals surface area contributed by atoms with Crippen LogP contribution in [0.3, 0.4) is 0 Å². The molecule has 37 heavy (non-hydrogen) atoms. The number of carbonyl (C=O) groups is 4. The second-order valence-electron chi connectivity index (χ2n) is 8.27. The number of hydrogen-bond donors (Lipinski definition) is 2. The Morgan fingerprint density at radius 2 is 1.78 bits per heavy atom. The molecule has 0 aromatic heterocycles. The molecule has 10 heteroatoms. The second-order valence-corrected chi connectivity index (χ2v) is 9.62. The van der Waals surface area contributed by atoms with Gasteiger partial charge in [0.25, 0.3) is 17.7 Å². The molecule has 0 saturated carbocycles. The number of aryl methyl sites for hydroxylation is 2. The van der Waals surface area contributed by atoms with Gasteiger partial charge in [-0.15, -0.1) is 0 Å². The molecule has 1 heterocycles. The first kappa shape index (κ1) is 26.1. The molecule has 0 aliphatic carbocycles. The zero-order chi connectivity index (χ0) is 26.7. The zero-order valence-corrected chi connectivity index (χ0v) is 22.1. The van der Waals surface area contributed by atoms with E-state index in [4.69, 9.17) is 16.3 Å². The maximum absolute atomic E-state index is 13.2. The van der Waals surface area contributed by atoms with Gasteiger partial charge in [0.15, 0.2) is 6.61 Å². The Balaban J connectivity index is 1.57. The number of urea groups is 1. The summed E-state index contributed by atoms with van der Waals surface area (Å²) in [4.78, 5) is 51.6. The molecule has 1 fully saturated rings. The van der Waals surface area contributed by atoms with Crippen molar-refractivity contribution in [2.45, 2.75) is 13.8 Å². The van der Waals surface area contributed by atoms with E-state index in [0.29, 0.717) is 10.7 Å². The molecule has 2 N–H and O–H groups in total. The Kier molecular flexibility index (Phi) is 7.75. The van der Waals surface area contributed by atoms with Gasteiger partial charge >= 0.3 is 6.03 Å². The summed E-state index contributed by atoms with van der Waals surface area (Å²) in [5, 5.41) is 5.29. The normalized spacial score (nSPS) is 14.5. The van der Waals surface area contributed by atoms with E-state index in [1.165, 1.54) is 18.2 Å². The quantitative estimate of drug-likeness (QED) is 0.299. The van der Waals surface area contributed by atoms with Crippen LogP contribution < -0.4 is 20.3 Å². The third-order valence-electron chi connectivity index (χ3n) is 5.47. The van der Waals surface area contributed by atoms with Crippen molar-refractivity contribution in [1.29, 1.82) is 0 Å². The minimum atomic E-state index is -0.861. The summed E-state index contributed by atoms with van der Waals surface area (Å²) in [6.45, 7) is 3.53. The molecule has 8 nitrogen and oxygen atoms in total. The Bertz CT molecular complexity index is 1450. The largest absolute Gasteiger partial charge is 0.483 e. The summed E-state index contributed by atoms with van der Waals surface area (Å²) in [5.74, 6) is -1.84. The van der Waals surface area contributed by atoms with Crippen molar-refractivity contribution in [2.24, 2.45) is 0 Å². The van der Waals surface area contributed by atoms with Crippen LogP contribution in [0.4, 0.5) is 16.2 Å². The monoisotopic (exact) mass is 581 g/mol. The van der Waals surface area contributed by atoms with Crippen LogP contribution in [0.25, 0.3) is 6.08 Å². The van der Waals surface area contributed by atoms with E-state index in [1.54, 1.807) is 30.3 Å². The van der Waals surface area contributed by atoms with E-state index in [9.17, 15) is 19.2 Å². The van der Waals surface area contributed by atoms with Gasteiger partial charge in [-0.05, 0) is 74.0 Å². The minimum absolute atomic E-state index is 0.223. The maximum atomic E-state index is 13.2. The number of benzene rings is 3. The smallest absolute Gasteiger partial charge is 0.335 e. The Morgan fingerprint density at radius 3 is 2.49 bits per heavy atom. The summed E-state index contributed by atoms with van der Waals surface area (Å²) in [7, 11) is 0. The average Bonchev–Trinajstić information content (AvgIpc) is 2.84. The number of ether oxygens (including phenoxy) is 1. The standard InChI is InChI=1S/C27H21BrClN3O5/c1-15-3-9-22(16(2)11-15)30-24(33)14-37-23-10-6-19(29)12-17(23)13-21-25(34)31-27(36)32(26(21)35)20-7-4-18(28)5-8-20/h3-13H,14H2,1-2H3,(H,30,33)(H,31,34,36)/b21-13+. The van der Waals surface area contributed by atoms with E-state index in [0.717, 1.165) is 20.5 Å². The van der Waals surface area contributed by atoms with Gasteiger partial charge in [-0.2, -0.15) is 0 Å². The van der Waals surface area contributed by atoms with Crippen molar-refractivity contribution in [3.05, 3.63) is 92.4 Å². The number of carbonyl (C=O) groups excluding carboxylic acids is 4. The first-order chi connectivity index (χ1) is 17.6. The van der Waals surface area contributed by atoms with Gasteiger partial charge in [0.2, 0.25) is 0 Å². The molecule has 0 atom stereocenters. The van der Waals surface area contributed by atoms with Gasteiger partial charge in [-0.3, -0.25) is 19.7 Å². The molecule has 3 aromatic carbocycles. The Hall–Kier alpha value is -3.95. The number of nitrogens with one attached hydrogen (secondary N) is 2. The first-order valence-electron chi connectivity index (χ1n) is 11.1. The van der Waals surface area contributed by atoms with Crippen molar-refractivity contribution < 1.29 is 23.9 Å². The molecule has 1 saturated heterocycles. The fourth-order valence-electron chi connectivity index (χ4n) is 3.68. The molecule has 5 amide bonds. The molecule has 0 unspecified atom stereocenters. The average molecular weight is 583 g/mol. The topological polar surface area (TPSA) is 105 Å². The van der Waals surface area contributed by atoms with Gasteiger partial charge in [-0.25, -0.2) is 9.69 Å². The highest BCUT2D eigenvalue weighted by atomic mass is 79.9. The van der Waals surface area contributed by atoms with Crippen LogP contribution in [0.1, 0.15) is 16.7 Å². The molecule has 0 radical (unpaired) electrons. The van der Waals surface area contributed by atoms with Crippen LogP contribution in [-0.2, 0) is 14.4 Å². The number of amides is 5. The van der Waals surface area contributed by atoms with Crippen molar-refractivity contribution in [3.63, 3.8) is 0 Å². The van der Waals surface area contributed by atoms with E-state index in [1.807, 2.05) is 32.0 Å². The van der Waals surface area contributed by atoms with Gasteiger partial charge < -0.3 is 10.1 Å². The highest BCUT2D eigenvalue weighted by molar-refractivity contribution is 9.10. The molecule has 0 spiro atoms. The Labute approximate surface area is 226 Å². The number of halogens is 2. The number of barbiturate groups is 1. The van der Waals surface area contributed by atoms with Crippen molar-refractivity contribution in [3.8, 4) is 5.75 Å². The van der Waals surface area contributed by atoms with Crippen molar-refractivity contribution in [2.75, 3.05) is 16.8 Å². The van der Waals surface area contributed by atoms with Gasteiger partial charge in [0.1, 0.15) is 11.3 Å². The molecule has 188 valence electrons. The number of anilines is 2. The summed E-state index contributed by atoms with van der Waals surface area (Å²) in [6, 6.07) is 15.8. The van der Waals surface area contributed by atoms with Gasteiger partial charge in [0.05, 0.1) is 5.69 Å². The van der Waals surface area contributed by atoms with Crippen LogP contribution in [0.5, 0.6) is 5.75 Å². The SMILES string of the molecule is Cc1ccc(NC(=O)COc2ccc(Cl)cc2/C=C2\C(=O)NC(=O)N(c3ccc(Br)cc3)C2=O)c(C)c1. The molecule has 0 bridgehead atoms. The van der Waals surface area contributed by atoms with Crippen LogP contribution >= 0.6 is 27.5 Å². The summed E-state index contributed by atoms with van der Waals surface area (Å²) >= 11 is 9.46. The lowest BCUT2D eigenvalue weighted by atomic mass is 10.1. The van der Waals surface area contributed by atoms with Gasteiger partial charge in [-0.1, -0.05) is 45.2 Å². The lowest BCUT2D eigenvalue weighted by molar-refractivity contribution is -0.122. The first-order valence-corrected chi connectivity index (χ1v) is 12.3. The zero-order valence-electron chi connectivity index (χ0n) is 19.8. The molecule has 1 aliphatic rings. The summed E-state index contributed by atoms with van der Waals surface area (Å²) < 4.78 is 6.46. The maximum Gasteiger partial charge on any atom is 0.335 e. The van der Waals surface area contributed by atoms with Crippen LogP contribution in [0.2, 0.25) is 5.02 Å². The predicted molar refractivity (Wildman–Crippen MR) is 145 cm³/mol. The molecule has 4 rings (SSSR count). The van der Waals surface area contributed by atoms with Crippen LogP contribution in [0, 0.1) is 13.8 Å². The van der Waals surface area contributed by atoms with Crippen LogP contribution in [0.15, 0.2) is 70.7 Å². The predicted octanol–water partition coefficient (Wildman–Crippen LogP) is 5.40. The fraction of sp³-hybridized carbons (Fsp3) is 0.111. The second kappa shape index (κ2) is 11.0. The number of hydrogen-bond acceptors (Lipinski definition) is 5. The molecular formula is C27H21BrClN3O5. The fourth-order valence-corrected chi connectivity index (χ4v) is 4.13. The number of imide groups is 2. The lowest BCUT2D eigenvalue weighted by Crippen LogP contribution is -2.54.